The van der Waals surface area contributed by atoms with Gasteiger partial charge in [0.05, 0.1) is 5.69 Å². The van der Waals surface area contributed by atoms with Gasteiger partial charge >= 0.3 is 0 Å². The lowest BCUT2D eigenvalue weighted by Crippen LogP contribution is -2.26. The lowest BCUT2D eigenvalue weighted by molar-refractivity contribution is 0.704. The van der Waals surface area contributed by atoms with Gasteiger partial charge in [0.25, 0.3) is 0 Å². The molecule has 0 unspecified atom stereocenters. The highest BCUT2D eigenvalue weighted by Gasteiger charge is 2.31. The predicted molar refractivity (Wildman–Crippen MR) is 82.1 cm³/mol. The van der Waals surface area contributed by atoms with Crippen molar-refractivity contribution in [3.8, 4) is 0 Å². The SMILES string of the molecule is CCCN(CC1CC1)c1nc(C2CC2)c(CNC)s1. The Hall–Kier alpha value is -0.610. The number of aromatic nitrogens is 1. The maximum absolute atomic E-state index is 5.00. The van der Waals surface area contributed by atoms with Crippen molar-refractivity contribution in [2.24, 2.45) is 5.92 Å². The van der Waals surface area contributed by atoms with Crippen LogP contribution in [0.25, 0.3) is 0 Å². The average molecular weight is 279 g/mol. The van der Waals surface area contributed by atoms with Crippen LogP contribution in [0.3, 0.4) is 0 Å². The van der Waals surface area contributed by atoms with Gasteiger partial charge in [-0.1, -0.05) is 6.92 Å². The molecule has 4 heteroatoms. The molecule has 2 saturated carbocycles. The standard InChI is InChI=1S/C15H25N3S/c1-3-8-18(10-11-4-5-11)15-17-14(12-6-7-12)13(19-15)9-16-2/h11-12,16H,3-10H2,1-2H3. The van der Waals surface area contributed by atoms with Gasteiger partial charge in [-0.3, -0.25) is 0 Å². The quantitative estimate of drug-likeness (QED) is 0.791. The maximum atomic E-state index is 5.00. The van der Waals surface area contributed by atoms with E-state index < -0.39 is 0 Å². The fourth-order valence-corrected chi connectivity index (χ4v) is 3.79. The van der Waals surface area contributed by atoms with E-state index in [1.165, 1.54) is 54.4 Å². The summed E-state index contributed by atoms with van der Waals surface area (Å²) in [5, 5.41) is 4.57. The molecule has 1 aromatic rings. The van der Waals surface area contributed by atoms with Crippen LogP contribution in [0.2, 0.25) is 0 Å². The zero-order valence-corrected chi connectivity index (χ0v) is 12.9. The summed E-state index contributed by atoms with van der Waals surface area (Å²) in [5.41, 5.74) is 1.39. The van der Waals surface area contributed by atoms with Gasteiger partial charge in [0.2, 0.25) is 0 Å². The van der Waals surface area contributed by atoms with E-state index in [0.29, 0.717) is 0 Å². The third kappa shape index (κ3) is 3.29. The number of nitrogens with zero attached hydrogens (tertiary/aromatic N) is 2. The summed E-state index contributed by atoms with van der Waals surface area (Å²) >= 11 is 1.92. The van der Waals surface area contributed by atoms with E-state index in [1.807, 2.05) is 18.4 Å². The molecular formula is C15H25N3S. The Kier molecular flexibility index (Phi) is 4.08. The highest BCUT2D eigenvalue weighted by molar-refractivity contribution is 7.15. The summed E-state index contributed by atoms with van der Waals surface area (Å²) in [4.78, 5) is 9.00. The third-order valence-electron chi connectivity index (χ3n) is 3.96. The second-order valence-electron chi connectivity index (χ2n) is 6.00. The van der Waals surface area contributed by atoms with Crippen molar-refractivity contribution >= 4 is 16.5 Å². The normalized spacial score (nSPS) is 18.8. The molecule has 0 spiro atoms. The van der Waals surface area contributed by atoms with E-state index in [2.05, 4.69) is 17.1 Å². The summed E-state index contributed by atoms with van der Waals surface area (Å²) in [6, 6.07) is 0. The largest absolute Gasteiger partial charge is 0.348 e. The molecule has 0 aliphatic heterocycles. The summed E-state index contributed by atoms with van der Waals surface area (Å²) in [7, 11) is 2.03. The van der Waals surface area contributed by atoms with Gasteiger partial charge in [-0.15, -0.1) is 11.3 Å². The molecule has 1 N–H and O–H groups in total. The van der Waals surface area contributed by atoms with Gasteiger partial charge in [0.15, 0.2) is 5.13 Å². The van der Waals surface area contributed by atoms with E-state index in [-0.39, 0.29) is 0 Å². The molecule has 3 nitrogen and oxygen atoms in total. The lowest BCUT2D eigenvalue weighted by atomic mass is 10.2. The second kappa shape index (κ2) is 5.80. The third-order valence-corrected chi connectivity index (χ3v) is 5.09. The molecule has 2 aliphatic rings. The molecule has 0 bridgehead atoms. The number of anilines is 1. The van der Waals surface area contributed by atoms with Gasteiger partial charge in [-0.25, -0.2) is 4.98 Å². The van der Waals surface area contributed by atoms with E-state index in [4.69, 9.17) is 4.98 Å². The molecule has 1 heterocycles. The molecule has 3 rings (SSSR count). The zero-order valence-electron chi connectivity index (χ0n) is 12.1. The Balaban J connectivity index is 1.78. The molecule has 1 aromatic heterocycles. The Morgan fingerprint density at radius 1 is 1.32 bits per heavy atom. The molecule has 19 heavy (non-hydrogen) atoms. The number of thiazole rings is 1. The van der Waals surface area contributed by atoms with Gasteiger partial charge in [-0.05, 0) is 45.1 Å². The van der Waals surface area contributed by atoms with Crippen molar-refractivity contribution in [3.63, 3.8) is 0 Å². The van der Waals surface area contributed by atoms with Crippen LogP contribution in [0.4, 0.5) is 5.13 Å². The Labute approximate surface area is 120 Å². The zero-order chi connectivity index (χ0) is 13.2. The lowest BCUT2D eigenvalue weighted by Gasteiger charge is -2.20. The maximum Gasteiger partial charge on any atom is 0.185 e. The number of hydrogen-bond acceptors (Lipinski definition) is 4. The minimum absolute atomic E-state index is 0.762. The van der Waals surface area contributed by atoms with Crippen molar-refractivity contribution in [3.05, 3.63) is 10.6 Å². The van der Waals surface area contributed by atoms with Gasteiger partial charge in [0.1, 0.15) is 0 Å². The molecule has 0 amide bonds. The number of hydrogen-bond donors (Lipinski definition) is 1. The smallest absolute Gasteiger partial charge is 0.185 e. The predicted octanol–water partition coefficient (Wildman–Crippen LogP) is 3.37. The minimum atomic E-state index is 0.762. The summed E-state index contributed by atoms with van der Waals surface area (Å²) in [5.74, 6) is 1.70. The molecule has 0 saturated heterocycles. The van der Waals surface area contributed by atoms with Crippen LogP contribution in [-0.2, 0) is 6.54 Å². The van der Waals surface area contributed by atoms with Crippen molar-refractivity contribution in [2.45, 2.75) is 51.5 Å². The molecular weight excluding hydrogens is 254 g/mol. The van der Waals surface area contributed by atoms with Crippen LogP contribution in [0.1, 0.15) is 55.5 Å². The Morgan fingerprint density at radius 3 is 2.68 bits per heavy atom. The van der Waals surface area contributed by atoms with E-state index in [0.717, 1.165) is 24.9 Å². The first-order valence-corrected chi connectivity index (χ1v) is 8.52. The minimum Gasteiger partial charge on any atom is -0.348 e. The topological polar surface area (TPSA) is 28.2 Å². The molecule has 0 atom stereocenters. The van der Waals surface area contributed by atoms with E-state index in [1.54, 1.807) is 0 Å². The van der Waals surface area contributed by atoms with Gasteiger partial charge < -0.3 is 10.2 Å². The van der Waals surface area contributed by atoms with Crippen LogP contribution >= 0.6 is 11.3 Å². The molecule has 0 radical (unpaired) electrons. The van der Waals surface area contributed by atoms with Gasteiger partial charge in [0, 0.05) is 30.4 Å². The first-order chi connectivity index (χ1) is 9.31. The Bertz CT molecular complexity index is 421. The second-order valence-corrected chi connectivity index (χ2v) is 7.06. The monoisotopic (exact) mass is 279 g/mol. The van der Waals surface area contributed by atoms with E-state index in [9.17, 15) is 0 Å². The fourth-order valence-electron chi connectivity index (χ4n) is 2.60. The van der Waals surface area contributed by atoms with Gasteiger partial charge in [-0.2, -0.15) is 0 Å². The number of nitrogens with one attached hydrogen (secondary N) is 1. The summed E-state index contributed by atoms with van der Waals surface area (Å²) < 4.78 is 0. The molecule has 106 valence electrons. The summed E-state index contributed by atoms with van der Waals surface area (Å²) in [6.07, 6.45) is 6.74. The average Bonchev–Trinajstić information content (AvgIpc) is 3.30. The van der Waals surface area contributed by atoms with Crippen molar-refractivity contribution in [2.75, 3.05) is 25.0 Å². The molecule has 2 aliphatic carbocycles. The van der Waals surface area contributed by atoms with Crippen LogP contribution < -0.4 is 10.2 Å². The van der Waals surface area contributed by atoms with Crippen molar-refractivity contribution < 1.29 is 0 Å². The van der Waals surface area contributed by atoms with Crippen LogP contribution in [-0.4, -0.2) is 25.1 Å². The summed E-state index contributed by atoms with van der Waals surface area (Å²) in [6.45, 7) is 5.63. The molecule has 0 aromatic carbocycles. The molecule has 2 fully saturated rings. The number of rotatable bonds is 8. The van der Waals surface area contributed by atoms with Crippen LogP contribution in [0.15, 0.2) is 0 Å². The van der Waals surface area contributed by atoms with E-state index >= 15 is 0 Å². The van der Waals surface area contributed by atoms with Crippen molar-refractivity contribution in [1.82, 2.24) is 10.3 Å². The highest BCUT2D eigenvalue weighted by Crippen LogP contribution is 2.44. The first-order valence-electron chi connectivity index (χ1n) is 7.71. The Morgan fingerprint density at radius 2 is 2.11 bits per heavy atom. The first kappa shape index (κ1) is 13.4. The van der Waals surface area contributed by atoms with Crippen LogP contribution in [0.5, 0.6) is 0 Å². The highest BCUT2D eigenvalue weighted by atomic mass is 32.1. The fraction of sp³-hybridized carbons (Fsp3) is 0.800. The van der Waals surface area contributed by atoms with Crippen molar-refractivity contribution in [1.29, 1.82) is 0 Å². The van der Waals surface area contributed by atoms with Crippen LogP contribution in [0, 0.1) is 5.92 Å².